The summed E-state index contributed by atoms with van der Waals surface area (Å²) in [4.78, 5) is 0. The topological polar surface area (TPSA) is 47.9 Å². The molecule has 0 rings (SSSR count). The third kappa shape index (κ3) is 12.1. The average molecular weight is 304 g/mol. The summed E-state index contributed by atoms with van der Waals surface area (Å²) in [5.74, 6) is 0. The van der Waals surface area contributed by atoms with Crippen LogP contribution in [0.25, 0.3) is 0 Å². The van der Waals surface area contributed by atoms with Crippen LogP contribution in [0.3, 0.4) is 0 Å². The Morgan fingerprint density at radius 1 is 0.857 bits per heavy atom. The molecule has 0 heterocycles. The van der Waals surface area contributed by atoms with E-state index in [0.717, 1.165) is 12.8 Å². The highest BCUT2D eigenvalue weighted by Crippen LogP contribution is 2.12. The van der Waals surface area contributed by atoms with Crippen LogP contribution < -0.4 is 0 Å². The quantitative estimate of drug-likeness (QED) is 0.499. The van der Waals surface area contributed by atoms with E-state index in [2.05, 4.69) is 20.8 Å². The van der Waals surface area contributed by atoms with Crippen LogP contribution in [0.1, 0.15) is 66.7 Å². The first-order chi connectivity index (χ1) is 10.0. The lowest BCUT2D eigenvalue weighted by Gasteiger charge is -2.23. The molecule has 128 valence electrons. The first-order valence-corrected chi connectivity index (χ1v) is 8.52. The zero-order valence-electron chi connectivity index (χ0n) is 14.6. The molecule has 4 heteroatoms. The molecule has 21 heavy (non-hydrogen) atoms. The van der Waals surface area contributed by atoms with Crippen LogP contribution in [0.4, 0.5) is 0 Å². The lowest BCUT2D eigenvalue weighted by atomic mass is 10.1. The van der Waals surface area contributed by atoms with E-state index in [1.165, 1.54) is 19.3 Å². The van der Waals surface area contributed by atoms with E-state index in [9.17, 15) is 0 Å². The maximum absolute atomic E-state index is 8.89. The summed E-state index contributed by atoms with van der Waals surface area (Å²) in [7, 11) is 0. The van der Waals surface area contributed by atoms with Crippen LogP contribution in [0.2, 0.25) is 0 Å². The Morgan fingerprint density at radius 3 is 2.05 bits per heavy atom. The van der Waals surface area contributed by atoms with Gasteiger partial charge in [-0.25, -0.2) is 0 Å². The fourth-order valence-corrected chi connectivity index (χ4v) is 2.06. The van der Waals surface area contributed by atoms with Gasteiger partial charge in [-0.2, -0.15) is 0 Å². The van der Waals surface area contributed by atoms with Crippen molar-refractivity contribution in [2.24, 2.45) is 0 Å². The van der Waals surface area contributed by atoms with E-state index < -0.39 is 0 Å². The van der Waals surface area contributed by atoms with Crippen LogP contribution in [-0.4, -0.2) is 49.3 Å². The molecule has 0 aliphatic heterocycles. The van der Waals surface area contributed by atoms with Gasteiger partial charge in [-0.15, -0.1) is 0 Å². The highest BCUT2D eigenvalue weighted by molar-refractivity contribution is 4.60. The van der Waals surface area contributed by atoms with Gasteiger partial charge in [0.25, 0.3) is 0 Å². The number of unbranched alkanes of at least 4 members (excludes halogenated alkanes) is 2. The van der Waals surface area contributed by atoms with Crippen LogP contribution in [0.15, 0.2) is 0 Å². The van der Waals surface area contributed by atoms with Crippen molar-refractivity contribution in [3.8, 4) is 0 Å². The molecule has 0 saturated carbocycles. The molecule has 0 aromatic carbocycles. The van der Waals surface area contributed by atoms with Crippen LogP contribution in [0.5, 0.6) is 0 Å². The molecule has 0 aromatic heterocycles. The fraction of sp³-hybridized carbons (Fsp3) is 1.00. The fourth-order valence-electron chi connectivity index (χ4n) is 2.06. The Bertz CT molecular complexity index is 223. The summed E-state index contributed by atoms with van der Waals surface area (Å²) in [6.07, 6.45) is 6.30. The molecular weight excluding hydrogens is 268 g/mol. The highest BCUT2D eigenvalue weighted by atomic mass is 16.6. The molecule has 0 aliphatic carbocycles. The van der Waals surface area contributed by atoms with Crippen LogP contribution in [0, 0.1) is 0 Å². The number of ether oxygens (including phenoxy) is 3. The van der Waals surface area contributed by atoms with Gasteiger partial charge in [-0.1, -0.05) is 33.1 Å². The molecule has 4 atom stereocenters. The third-order valence-corrected chi connectivity index (χ3v) is 3.50. The largest absolute Gasteiger partial charge is 0.394 e. The number of hydrogen-bond donors (Lipinski definition) is 1. The standard InChI is InChI=1S/C17H36O4/c1-6-8-9-10-17(7-2)21-16(5)13-20-15(4)12-19-14(3)11-18/h14-18H,6-13H2,1-5H3. The average Bonchev–Trinajstić information content (AvgIpc) is 2.49. The molecule has 0 spiro atoms. The van der Waals surface area contributed by atoms with Crippen LogP contribution >= 0.6 is 0 Å². The molecule has 0 fully saturated rings. The zero-order valence-corrected chi connectivity index (χ0v) is 14.6. The van der Waals surface area contributed by atoms with E-state index in [-0.39, 0.29) is 24.9 Å². The SMILES string of the molecule is CCCCCC(CC)OC(C)COC(C)COC(C)CO. The summed E-state index contributed by atoms with van der Waals surface area (Å²) < 4.78 is 17.2. The molecule has 0 bridgehead atoms. The second kappa shape index (κ2) is 13.5. The van der Waals surface area contributed by atoms with E-state index >= 15 is 0 Å². The molecule has 0 aromatic rings. The van der Waals surface area contributed by atoms with Gasteiger partial charge in [0.1, 0.15) is 0 Å². The summed E-state index contributed by atoms with van der Waals surface area (Å²) in [6.45, 7) is 11.4. The number of hydrogen-bond acceptors (Lipinski definition) is 4. The van der Waals surface area contributed by atoms with Gasteiger partial charge >= 0.3 is 0 Å². The smallest absolute Gasteiger partial charge is 0.0784 e. The minimum absolute atomic E-state index is 0.0187. The Balaban J connectivity index is 3.77. The Hall–Kier alpha value is -0.160. The Labute approximate surface area is 131 Å². The van der Waals surface area contributed by atoms with Gasteiger partial charge in [-0.3, -0.25) is 0 Å². The predicted molar refractivity (Wildman–Crippen MR) is 86.7 cm³/mol. The molecule has 0 aliphatic rings. The van der Waals surface area contributed by atoms with Crippen molar-refractivity contribution in [2.45, 2.75) is 91.1 Å². The first-order valence-electron chi connectivity index (χ1n) is 8.52. The van der Waals surface area contributed by atoms with E-state index in [1.54, 1.807) is 0 Å². The minimum atomic E-state index is -0.132. The first kappa shape index (κ1) is 20.8. The van der Waals surface area contributed by atoms with Crippen molar-refractivity contribution in [1.29, 1.82) is 0 Å². The van der Waals surface area contributed by atoms with E-state index in [0.29, 0.717) is 19.3 Å². The van der Waals surface area contributed by atoms with Gasteiger partial charge in [0.2, 0.25) is 0 Å². The lowest BCUT2D eigenvalue weighted by Crippen LogP contribution is -2.28. The normalized spacial score (nSPS) is 17.4. The second-order valence-electron chi connectivity index (χ2n) is 5.94. The van der Waals surface area contributed by atoms with Gasteiger partial charge < -0.3 is 19.3 Å². The Kier molecular flexibility index (Phi) is 13.4. The molecule has 4 unspecified atom stereocenters. The van der Waals surface area contributed by atoms with Crippen molar-refractivity contribution in [1.82, 2.24) is 0 Å². The Morgan fingerprint density at radius 2 is 1.48 bits per heavy atom. The zero-order chi connectivity index (χ0) is 16.1. The monoisotopic (exact) mass is 304 g/mol. The molecule has 4 nitrogen and oxygen atoms in total. The summed E-state index contributed by atoms with van der Waals surface area (Å²) in [5, 5.41) is 8.89. The predicted octanol–water partition coefficient (Wildman–Crippen LogP) is 3.55. The third-order valence-electron chi connectivity index (χ3n) is 3.50. The van der Waals surface area contributed by atoms with Crippen molar-refractivity contribution >= 4 is 0 Å². The van der Waals surface area contributed by atoms with E-state index in [1.807, 2.05) is 13.8 Å². The second-order valence-corrected chi connectivity index (χ2v) is 5.94. The van der Waals surface area contributed by atoms with Gasteiger partial charge in [-0.05, 0) is 33.6 Å². The van der Waals surface area contributed by atoms with Crippen molar-refractivity contribution in [3.05, 3.63) is 0 Å². The molecular formula is C17H36O4. The van der Waals surface area contributed by atoms with Gasteiger partial charge in [0.15, 0.2) is 0 Å². The minimum Gasteiger partial charge on any atom is -0.394 e. The molecule has 1 N–H and O–H groups in total. The number of aliphatic hydroxyl groups excluding tert-OH is 1. The summed E-state index contributed by atoms with van der Waals surface area (Å²) >= 11 is 0. The summed E-state index contributed by atoms with van der Waals surface area (Å²) in [6, 6.07) is 0. The molecule has 0 saturated heterocycles. The lowest BCUT2D eigenvalue weighted by molar-refractivity contribution is -0.0915. The van der Waals surface area contributed by atoms with Crippen molar-refractivity contribution < 1.29 is 19.3 Å². The van der Waals surface area contributed by atoms with Gasteiger partial charge in [0.05, 0.1) is 44.2 Å². The number of aliphatic hydroxyl groups is 1. The van der Waals surface area contributed by atoms with Crippen molar-refractivity contribution in [2.75, 3.05) is 19.8 Å². The van der Waals surface area contributed by atoms with Gasteiger partial charge in [0, 0.05) is 0 Å². The van der Waals surface area contributed by atoms with Crippen LogP contribution in [-0.2, 0) is 14.2 Å². The molecule has 0 radical (unpaired) electrons. The number of rotatable bonds is 14. The maximum Gasteiger partial charge on any atom is 0.0784 e. The maximum atomic E-state index is 8.89. The molecule has 0 amide bonds. The summed E-state index contributed by atoms with van der Waals surface area (Å²) in [5.41, 5.74) is 0. The van der Waals surface area contributed by atoms with Crippen molar-refractivity contribution in [3.63, 3.8) is 0 Å². The highest BCUT2D eigenvalue weighted by Gasteiger charge is 2.13. The van der Waals surface area contributed by atoms with E-state index in [4.69, 9.17) is 19.3 Å².